The summed E-state index contributed by atoms with van der Waals surface area (Å²) in [5, 5.41) is 12.2. The summed E-state index contributed by atoms with van der Waals surface area (Å²) < 4.78 is 11.2. The highest BCUT2D eigenvalue weighted by Crippen LogP contribution is 2.29. The molecule has 2 aromatic carbocycles. The van der Waals surface area contributed by atoms with Crippen molar-refractivity contribution in [3.63, 3.8) is 0 Å². The van der Waals surface area contributed by atoms with E-state index in [0.717, 1.165) is 11.1 Å². The molecule has 28 heavy (non-hydrogen) atoms. The van der Waals surface area contributed by atoms with Crippen molar-refractivity contribution in [3.05, 3.63) is 74.7 Å². The highest BCUT2D eigenvalue weighted by Gasteiger charge is 2.07. The van der Waals surface area contributed by atoms with E-state index in [0.29, 0.717) is 23.1 Å². The first-order valence-electron chi connectivity index (χ1n) is 8.33. The van der Waals surface area contributed by atoms with Crippen LogP contribution in [0, 0.1) is 6.92 Å². The summed E-state index contributed by atoms with van der Waals surface area (Å²) in [6, 6.07) is 12.9. The number of benzene rings is 2. The van der Waals surface area contributed by atoms with Crippen molar-refractivity contribution in [2.75, 3.05) is 12.5 Å². The zero-order valence-corrected chi connectivity index (χ0v) is 16.0. The first-order chi connectivity index (χ1) is 13.6. The third kappa shape index (κ3) is 4.86. The Morgan fingerprint density at radius 2 is 2.04 bits per heavy atom. The first-order valence-corrected chi connectivity index (χ1v) is 8.71. The molecular formula is C19H18ClN5O3. The van der Waals surface area contributed by atoms with Crippen LogP contribution in [0.4, 0.5) is 5.95 Å². The number of rotatable bonds is 7. The summed E-state index contributed by atoms with van der Waals surface area (Å²) in [4.78, 5) is 14.0. The van der Waals surface area contributed by atoms with E-state index in [1.54, 1.807) is 32.4 Å². The third-order valence-electron chi connectivity index (χ3n) is 3.77. The van der Waals surface area contributed by atoms with Crippen molar-refractivity contribution in [2.24, 2.45) is 5.10 Å². The highest BCUT2D eigenvalue weighted by molar-refractivity contribution is 6.31. The Balaban J connectivity index is 1.67. The molecule has 0 atom stereocenters. The molecule has 8 nitrogen and oxygen atoms in total. The monoisotopic (exact) mass is 399 g/mol. The maximum Gasteiger partial charge on any atom is 0.274 e. The summed E-state index contributed by atoms with van der Waals surface area (Å²) in [5.41, 5.74) is 4.22. The van der Waals surface area contributed by atoms with Crippen molar-refractivity contribution in [1.82, 2.24) is 15.2 Å². The van der Waals surface area contributed by atoms with Gasteiger partial charge in [-0.05, 0) is 36.8 Å². The van der Waals surface area contributed by atoms with E-state index in [-0.39, 0.29) is 17.2 Å². The fourth-order valence-electron chi connectivity index (χ4n) is 2.27. The molecule has 0 aliphatic rings. The van der Waals surface area contributed by atoms with E-state index in [2.05, 4.69) is 25.7 Å². The van der Waals surface area contributed by atoms with Gasteiger partial charge in [0.15, 0.2) is 11.5 Å². The van der Waals surface area contributed by atoms with Crippen LogP contribution in [0.5, 0.6) is 11.5 Å². The van der Waals surface area contributed by atoms with Crippen molar-refractivity contribution in [3.8, 4) is 11.5 Å². The van der Waals surface area contributed by atoms with Crippen LogP contribution in [0.15, 0.2) is 52.4 Å². The van der Waals surface area contributed by atoms with Gasteiger partial charge in [0.2, 0.25) is 5.95 Å². The molecule has 1 aromatic heterocycles. The van der Waals surface area contributed by atoms with Crippen molar-refractivity contribution >= 4 is 23.8 Å². The Labute approximate surface area is 166 Å². The molecular weight excluding hydrogens is 382 g/mol. The topological polar surface area (TPSA) is 101 Å². The normalized spacial score (nSPS) is 10.8. The molecule has 0 radical (unpaired) electrons. The Kier molecular flexibility index (Phi) is 6.23. The number of hydrazone groups is 1. The average molecular weight is 400 g/mol. The molecule has 3 rings (SSSR count). The predicted molar refractivity (Wildman–Crippen MR) is 107 cm³/mol. The fourth-order valence-corrected chi connectivity index (χ4v) is 2.46. The lowest BCUT2D eigenvalue weighted by molar-refractivity contribution is 0.284. The number of anilines is 1. The smallest absolute Gasteiger partial charge is 0.274 e. The second-order valence-corrected chi connectivity index (χ2v) is 6.16. The molecule has 0 unspecified atom stereocenters. The van der Waals surface area contributed by atoms with E-state index < -0.39 is 0 Å². The Morgan fingerprint density at radius 1 is 1.21 bits per heavy atom. The number of methoxy groups -OCH3 is 1. The van der Waals surface area contributed by atoms with Crippen LogP contribution < -0.4 is 20.5 Å². The molecule has 0 fully saturated rings. The molecule has 144 valence electrons. The van der Waals surface area contributed by atoms with Crippen LogP contribution in [0.2, 0.25) is 5.02 Å². The lowest BCUT2D eigenvalue weighted by Crippen LogP contribution is -2.15. The van der Waals surface area contributed by atoms with Gasteiger partial charge in [0.1, 0.15) is 12.3 Å². The number of hydrogen-bond donors (Lipinski definition) is 2. The van der Waals surface area contributed by atoms with Crippen LogP contribution in [-0.2, 0) is 6.61 Å². The molecule has 0 saturated heterocycles. The minimum Gasteiger partial charge on any atom is -0.493 e. The van der Waals surface area contributed by atoms with Gasteiger partial charge in [0.25, 0.3) is 5.56 Å². The summed E-state index contributed by atoms with van der Waals surface area (Å²) in [5.74, 6) is 1.29. The molecule has 0 bridgehead atoms. The number of ether oxygens (including phenoxy) is 2. The maximum absolute atomic E-state index is 11.5. The summed E-state index contributed by atoms with van der Waals surface area (Å²) >= 11 is 6.15. The van der Waals surface area contributed by atoms with Crippen LogP contribution >= 0.6 is 11.6 Å². The average Bonchev–Trinajstić information content (AvgIpc) is 2.70. The van der Waals surface area contributed by atoms with E-state index in [4.69, 9.17) is 21.1 Å². The number of aryl methyl sites for hydroxylation is 1. The van der Waals surface area contributed by atoms with Crippen molar-refractivity contribution in [2.45, 2.75) is 13.5 Å². The molecule has 9 heteroatoms. The highest BCUT2D eigenvalue weighted by atomic mass is 35.5. The van der Waals surface area contributed by atoms with Crippen LogP contribution in [0.3, 0.4) is 0 Å². The number of halogens is 1. The number of nitrogens with zero attached hydrogens (tertiary/aromatic N) is 3. The summed E-state index contributed by atoms with van der Waals surface area (Å²) in [7, 11) is 1.56. The van der Waals surface area contributed by atoms with Crippen LogP contribution in [0.1, 0.15) is 16.8 Å². The van der Waals surface area contributed by atoms with E-state index in [1.165, 1.54) is 0 Å². The van der Waals surface area contributed by atoms with E-state index >= 15 is 0 Å². The molecule has 0 aliphatic heterocycles. The summed E-state index contributed by atoms with van der Waals surface area (Å²) in [6.07, 6.45) is 1.56. The van der Waals surface area contributed by atoms with Gasteiger partial charge >= 0.3 is 0 Å². The molecule has 2 N–H and O–H groups in total. The van der Waals surface area contributed by atoms with Crippen LogP contribution in [0.25, 0.3) is 0 Å². The maximum atomic E-state index is 11.5. The van der Waals surface area contributed by atoms with Crippen LogP contribution in [-0.4, -0.2) is 28.5 Å². The zero-order valence-electron chi connectivity index (χ0n) is 15.3. The molecule has 3 aromatic rings. The van der Waals surface area contributed by atoms with E-state index in [9.17, 15) is 4.79 Å². The van der Waals surface area contributed by atoms with Gasteiger partial charge < -0.3 is 9.47 Å². The number of aromatic amines is 1. The Morgan fingerprint density at radius 3 is 2.79 bits per heavy atom. The van der Waals surface area contributed by atoms with Gasteiger partial charge in [-0.25, -0.2) is 5.43 Å². The first kappa shape index (κ1) is 19.4. The minimum atomic E-state index is -0.325. The number of H-pyrrole nitrogens is 1. The second kappa shape index (κ2) is 9.01. The Hall–Kier alpha value is -3.39. The van der Waals surface area contributed by atoms with E-state index in [1.807, 2.05) is 30.3 Å². The summed E-state index contributed by atoms with van der Waals surface area (Å²) in [6.45, 7) is 1.89. The zero-order chi connectivity index (χ0) is 19.9. The molecule has 0 amide bonds. The van der Waals surface area contributed by atoms with Crippen molar-refractivity contribution in [1.29, 1.82) is 0 Å². The van der Waals surface area contributed by atoms with Gasteiger partial charge in [0, 0.05) is 10.6 Å². The SMILES string of the molecule is COc1cc(C=NNc2nnc(C)c(=O)[nH]2)ccc1OCc1ccccc1Cl. The van der Waals surface area contributed by atoms with Gasteiger partial charge in [-0.3, -0.25) is 9.78 Å². The standard InChI is InChI=1S/C19H18ClN5O3/c1-12-18(26)22-19(25-23-12)24-21-10-13-7-8-16(17(9-13)27-2)28-11-14-5-3-4-6-15(14)20/h3-10H,11H2,1-2H3,(H2,22,24,25,26). The van der Waals surface area contributed by atoms with Gasteiger partial charge in [-0.1, -0.05) is 29.8 Å². The van der Waals surface area contributed by atoms with Gasteiger partial charge in [-0.15, -0.1) is 10.2 Å². The minimum absolute atomic E-state index is 0.151. The third-order valence-corrected chi connectivity index (χ3v) is 4.14. The number of aromatic nitrogens is 3. The lowest BCUT2D eigenvalue weighted by Gasteiger charge is -2.12. The number of hydrogen-bond acceptors (Lipinski definition) is 7. The largest absolute Gasteiger partial charge is 0.493 e. The molecule has 0 saturated carbocycles. The van der Waals surface area contributed by atoms with Crippen molar-refractivity contribution < 1.29 is 9.47 Å². The quantitative estimate of drug-likeness (QED) is 0.467. The number of nitrogens with one attached hydrogen (secondary N) is 2. The lowest BCUT2D eigenvalue weighted by atomic mass is 10.2. The Bertz CT molecular complexity index is 1050. The predicted octanol–water partition coefficient (Wildman–Crippen LogP) is 3.16. The molecule has 0 spiro atoms. The van der Waals surface area contributed by atoms with Gasteiger partial charge in [0.05, 0.1) is 13.3 Å². The molecule has 0 aliphatic carbocycles. The van der Waals surface area contributed by atoms with Gasteiger partial charge in [-0.2, -0.15) is 5.10 Å². The second-order valence-electron chi connectivity index (χ2n) is 5.75. The fraction of sp³-hybridized carbons (Fsp3) is 0.158. The molecule has 1 heterocycles.